The molecule has 0 spiro atoms. The van der Waals surface area contributed by atoms with E-state index in [9.17, 15) is 9.59 Å². The summed E-state index contributed by atoms with van der Waals surface area (Å²) in [5.41, 5.74) is 6.55. The highest BCUT2D eigenvalue weighted by Gasteiger charge is 2.22. The zero-order chi connectivity index (χ0) is 27.2. The maximum atomic E-state index is 13.0. The zero-order valence-corrected chi connectivity index (χ0v) is 24.4. The van der Waals surface area contributed by atoms with E-state index in [0.29, 0.717) is 24.7 Å². The number of likely N-dealkylation sites (tertiary alicyclic amines) is 2. The fourth-order valence-electron chi connectivity index (χ4n) is 6.95. The van der Waals surface area contributed by atoms with Crippen LogP contribution in [-0.4, -0.2) is 60.6 Å². The Morgan fingerprint density at radius 3 is 1.46 bits per heavy atom. The summed E-state index contributed by atoms with van der Waals surface area (Å²) in [6.45, 7) is 11.7. The quantitative estimate of drug-likeness (QED) is 0.229. The fourth-order valence-corrected chi connectivity index (χ4v) is 6.95. The minimum atomic E-state index is 0.258. The number of piperidine rings is 2. The van der Waals surface area contributed by atoms with Crippen LogP contribution in [0.4, 0.5) is 0 Å². The van der Waals surface area contributed by atoms with Gasteiger partial charge in [-0.2, -0.15) is 0 Å². The Balaban J connectivity index is 1.12. The van der Waals surface area contributed by atoms with Gasteiger partial charge in [0.15, 0.2) is 11.6 Å². The van der Waals surface area contributed by atoms with Crippen LogP contribution < -0.4 is 0 Å². The van der Waals surface area contributed by atoms with Gasteiger partial charge >= 0.3 is 0 Å². The second-order valence-corrected chi connectivity index (χ2v) is 12.8. The number of carbonyl (C=O) groups excluding carboxylic acids is 2. The molecule has 2 heterocycles. The molecule has 2 aromatic rings. The highest BCUT2D eigenvalue weighted by molar-refractivity contribution is 5.99. The molecule has 2 aliphatic heterocycles. The molecule has 210 valence electrons. The molecule has 5 rings (SSSR count). The van der Waals surface area contributed by atoms with E-state index < -0.39 is 0 Å². The lowest BCUT2D eigenvalue weighted by atomic mass is 9.95. The van der Waals surface area contributed by atoms with Gasteiger partial charge in [0.25, 0.3) is 0 Å². The molecule has 2 aromatic carbocycles. The molecule has 0 saturated carbocycles. The Bertz CT molecular complexity index is 1050. The van der Waals surface area contributed by atoms with E-state index in [1.807, 2.05) is 12.1 Å². The Morgan fingerprint density at radius 1 is 0.641 bits per heavy atom. The molecule has 39 heavy (non-hydrogen) atoms. The van der Waals surface area contributed by atoms with Gasteiger partial charge in [-0.25, -0.2) is 0 Å². The highest BCUT2D eigenvalue weighted by atomic mass is 16.1. The Hall–Kier alpha value is -2.30. The van der Waals surface area contributed by atoms with E-state index in [4.69, 9.17) is 0 Å². The number of Topliss-reactive ketones (excluding diaryl/α,β-unsaturated/α-hetero) is 2. The first kappa shape index (κ1) is 28.2. The summed E-state index contributed by atoms with van der Waals surface area (Å²) in [6, 6.07) is 12.5. The van der Waals surface area contributed by atoms with E-state index in [0.717, 1.165) is 43.5 Å². The van der Waals surface area contributed by atoms with E-state index in [1.54, 1.807) is 0 Å². The topological polar surface area (TPSA) is 40.6 Å². The van der Waals surface area contributed by atoms with Gasteiger partial charge < -0.3 is 9.80 Å². The van der Waals surface area contributed by atoms with Gasteiger partial charge in [0.05, 0.1) is 0 Å². The van der Waals surface area contributed by atoms with Gasteiger partial charge in [-0.05, 0) is 117 Å². The van der Waals surface area contributed by atoms with E-state index >= 15 is 0 Å². The summed E-state index contributed by atoms with van der Waals surface area (Å²) in [6.07, 6.45) is 11.9. The van der Waals surface area contributed by atoms with E-state index in [-0.39, 0.29) is 11.6 Å². The lowest BCUT2D eigenvalue weighted by Crippen LogP contribution is -2.33. The van der Waals surface area contributed by atoms with Crippen LogP contribution >= 0.6 is 0 Å². The molecular formula is C35H48N2O2. The van der Waals surface area contributed by atoms with Crippen molar-refractivity contribution in [3.8, 4) is 11.1 Å². The van der Waals surface area contributed by atoms with Crippen LogP contribution in [0, 0.1) is 11.8 Å². The maximum Gasteiger partial charge on any atom is 0.162 e. The molecule has 2 unspecified atom stereocenters. The van der Waals surface area contributed by atoms with Crippen LogP contribution in [0.2, 0.25) is 0 Å². The summed E-state index contributed by atoms with van der Waals surface area (Å²) in [7, 11) is 0. The summed E-state index contributed by atoms with van der Waals surface area (Å²) in [5, 5.41) is 0. The number of hydrogen-bond donors (Lipinski definition) is 0. The van der Waals surface area contributed by atoms with E-state index in [2.05, 4.69) is 47.9 Å². The van der Waals surface area contributed by atoms with Crippen molar-refractivity contribution in [2.45, 2.75) is 84.5 Å². The van der Waals surface area contributed by atoms with Gasteiger partial charge in [0.2, 0.25) is 0 Å². The molecule has 4 nitrogen and oxygen atoms in total. The van der Waals surface area contributed by atoms with Gasteiger partial charge in [0.1, 0.15) is 0 Å². The molecule has 1 aliphatic carbocycles. The summed E-state index contributed by atoms with van der Waals surface area (Å²) in [5.74, 6) is 1.62. The third-order valence-electron chi connectivity index (χ3n) is 9.29. The smallest absolute Gasteiger partial charge is 0.162 e. The SMILES string of the molecule is CC(CCC(=O)c1ccc2c(c1)Cc1cc(C(=O)CCC(C)CN3CCCCC3)ccc1-2)CN1CCCCC1. The number of nitrogens with zero attached hydrogens (tertiary/aromatic N) is 2. The van der Waals surface area contributed by atoms with Crippen LogP contribution in [0.5, 0.6) is 0 Å². The lowest BCUT2D eigenvalue weighted by Gasteiger charge is -2.29. The fraction of sp³-hybridized carbons (Fsp3) is 0.600. The van der Waals surface area contributed by atoms with Crippen molar-refractivity contribution in [1.82, 2.24) is 9.80 Å². The number of ketones is 2. The van der Waals surface area contributed by atoms with Crippen LogP contribution in [0.1, 0.15) is 110 Å². The average molecular weight is 529 g/mol. The molecule has 0 N–H and O–H groups in total. The van der Waals surface area contributed by atoms with Gasteiger partial charge in [-0.15, -0.1) is 0 Å². The third-order valence-corrected chi connectivity index (χ3v) is 9.29. The predicted octanol–water partition coefficient (Wildman–Crippen LogP) is 7.43. The van der Waals surface area contributed by atoms with Gasteiger partial charge in [-0.3, -0.25) is 9.59 Å². The molecular weight excluding hydrogens is 480 g/mol. The molecule has 0 amide bonds. The van der Waals surface area contributed by atoms with Crippen molar-refractivity contribution in [2.24, 2.45) is 11.8 Å². The first-order valence-electron chi connectivity index (χ1n) is 15.7. The zero-order valence-electron chi connectivity index (χ0n) is 24.4. The molecule has 4 heteroatoms. The summed E-state index contributed by atoms with van der Waals surface area (Å²) in [4.78, 5) is 31.2. The van der Waals surface area contributed by atoms with Crippen molar-refractivity contribution < 1.29 is 9.59 Å². The second kappa shape index (κ2) is 13.4. The molecule has 3 aliphatic rings. The Labute approximate surface area is 236 Å². The first-order chi connectivity index (χ1) is 19.0. The predicted molar refractivity (Wildman–Crippen MR) is 161 cm³/mol. The average Bonchev–Trinajstić information content (AvgIpc) is 3.33. The lowest BCUT2D eigenvalue weighted by molar-refractivity contribution is 0.0961. The summed E-state index contributed by atoms with van der Waals surface area (Å²) >= 11 is 0. The van der Waals surface area contributed by atoms with Crippen LogP contribution in [-0.2, 0) is 6.42 Å². The molecule has 0 aromatic heterocycles. The van der Waals surface area contributed by atoms with Crippen molar-refractivity contribution in [3.05, 3.63) is 58.7 Å². The van der Waals surface area contributed by atoms with Crippen molar-refractivity contribution in [1.29, 1.82) is 0 Å². The molecule has 2 fully saturated rings. The maximum absolute atomic E-state index is 13.0. The van der Waals surface area contributed by atoms with Crippen LogP contribution in [0.15, 0.2) is 36.4 Å². The normalized spacial score (nSPS) is 19.3. The van der Waals surface area contributed by atoms with Crippen molar-refractivity contribution in [3.63, 3.8) is 0 Å². The Morgan fingerprint density at radius 2 is 1.05 bits per heavy atom. The largest absolute Gasteiger partial charge is 0.303 e. The Kier molecular flexibility index (Phi) is 9.68. The second-order valence-electron chi connectivity index (χ2n) is 12.8. The minimum absolute atomic E-state index is 0.258. The number of hydrogen-bond acceptors (Lipinski definition) is 4. The molecule has 2 atom stereocenters. The van der Waals surface area contributed by atoms with Crippen molar-refractivity contribution >= 4 is 11.6 Å². The molecule has 0 radical (unpaired) electrons. The van der Waals surface area contributed by atoms with Crippen LogP contribution in [0.25, 0.3) is 11.1 Å². The number of benzene rings is 2. The minimum Gasteiger partial charge on any atom is -0.303 e. The van der Waals surface area contributed by atoms with E-state index in [1.165, 1.54) is 87.0 Å². The number of rotatable bonds is 12. The molecule has 2 saturated heterocycles. The number of fused-ring (bicyclic) bond motifs is 3. The number of carbonyl (C=O) groups is 2. The third kappa shape index (κ3) is 7.46. The standard InChI is InChI=1S/C35H48N2O2/c1-26(24-36-17-5-3-6-18-36)9-15-34(38)28-11-13-32-30(21-28)23-31-22-29(12-14-33(31)32)35(39)16-10-27(2)25-37-19-7-4-8-20-37/h11-14,21-22,26-27H,3-10,15-20,23-25H2,1-2H3. The van der Waals surface area contributed by atoms with Gasteiger partial charge in [0, 0.05) is 37.1 Å². The van der Waals surface area contributed by atoms with Crippen molar-refractivity contribution in [2.75, 3.05) is 39.3 Å². The molecule has 0 bridgehead atoms. The highest BCUT2D eigenvalue weighted by Crippen LogP contribution is 2.38. The van der Waals surface area contributed by atoms with Gasteiger partial charge in [-0.1, -0.05) is 51.0 Å². The van der Waals surface area contributed by atoms with Crippen LogP contribution in [0.3, 0.4) is 0 Å². The summed E-state index contributed by atoms with van der Waals surface area (Å²) < 4.78 is 0. The monoisotopic (exact) mass is 528 g/mol. The first-order valence-corrected chi connectivity index (χ1v) is 15.7.